The van der Waals surface area contributed by atoms with Crippen molar-refractivity contribution in [1.29, 1.82) is 0 Å². The van der Waals surface area contributed by atoms with Crippen LogP contribution in [0.4, 0.5) is 4.39 Å². The highest BCUT2D eigenvalue weighted by Gasteiger charge is 2.26. The molecule has 1 N–H and O–H groups in total. The van der Waals surface area contributed by atoms with Crippen LogP contribution in [0.25, 0.3) is 5.69 Å². The number of carbonyl (C=O) groups excluding carboxylic acids is 2. The SMILES string of the molecule is Cc1ccc(C(=O)NC2CCN(C(=O)c3cn(-c4ccc(F)c(C)c4)nn3)CC2)cc1C. The maximum absolute atomic E-state index is 13.5. The van der Waals surface area contributed by atoms with Crippen LogP contribution in [0.3, 0.4) is 0 Å². The maximum atomic E-state index is 13.5. The van der Waals surface area contributed by atoms with Crippen LogP contribution in [-0.4, -0.2) is 50.8 Å². The number of halogens is 1. The second-order valence-corrected chi connectivity index (χ2v) is 8.32. The molecular weight excluding hydrogens is 409 g/mol. The van der Waals surface area contributed by atoms with E-state index in [1.54, 1.807) is 30.2 Å². The van der Waals surface area contributed by atoms with Gasteiger partial charge in [-0.15, -0.1) is 5.10 Å². The van der Waals surface area contributed by atoms with E-state index in [1.165, 1.54) is 10.7 Å². The van der Waals surface area contributed by atoms with Gasteiger partial charge in [0.2, 0.25) is 0 Å². The zero-order valence-corrected chi connectivity index (χ0v) is 18.4. The summed E-state index contributed by atoms with van der Waals surface area (Å²) in [4.78, 5) is 27.1. The number of carbonyl (C=O) groups is 2. The van der Waals surface area contributed by atoms with Crippen LogP contribution in [0.2, 0.25) is 0 Å². The molecule has 0 aliphatic carbocycles. The number of hydrogen-bond donors (Lipinski definition) is 1. The van der Waals surface area contributed by atoms with Crippen molar-refractivity contribution < 1.29 is 14.0 Å². The number of aromatic nitrogens is 3. The number of rotatable bonds is 4. The molecule has 2 aromatic carbocycles. The van der Waals surface area contributed by atoms with E-state index in [-0.39, 0.29) is 29.4 Å². The van der Waals surface area contributed by atoms with E-state index >= 15 is 0 Å². The van der Waals surface area contributed by atoms with Gasteiger partial charge in [0.25, 0.3) is 11.8 Å². The number of benzene rings is 2. The molecule has 0 saturated carbocycles. The molecule has 2 heterocycles. The highest BCUT2D eigenvalue weighted by atomic mass is 19.1. The number of amides is 2. The van der Waals surface area contributed by atoms with E-state index in [4.69, 9.17) is 0 Å². The largest absolute Gasteiger partial charge is 0.349 e. The van der Waals surface area contributed by atoms with Crippen LogP contribution in [-0.2, 0) is 0 Å². The van der Waals surface area contributed by atoms with Crippen molar-refractivity contribution in [2.45, 2.75) is 39.7 Å². The first-order chi connectivity index (χ1) is 15.3. The molecule has 166 valence electrons. The summed E-state index contributed by atoms with van der Waals surface area (Å²) in [6.07, 6.45) is 2.91. The summed E-state index contributed by atoms with van der Waals surface area (Å²) in [7, 11) is 0. The lowest BCUT2D eigenvalue weighted by atomic mass is 10.0. The number of aryl methyl sites for hydroxylation is 3. The van der Waals surface area contributed by atoms with Gasteiger partial charge in [0, 0.05) is 24.7 Å². The van der Waals surface area contributed by atoms with E-state index < -0.39 is 0 Å². The Hall–Kier alpha value is -3.55. The number of likely N-dealkylation sites (tertiary alicyclic amines) is 1. The van der Waals surface area contributed by atoms with Crippen molar-refractivity contribution in [3.63, 3.8) is 0 Å². The van der Waals surface area contributed by atoms with E-state index in [0.29, 0.717) is 42.7 Å². The third kappa shape index (κ3) is 4.54. The van der Waals surface area contributed by atoms with Gasteiger partial charge in [-0.1, -0.05) is 11.3 Å². The quantitative estimate of drug-likeness (QED) is 0.682. The number of hydrogen-bond acceptors (Lipinski definition) is 4. The molecule has 0 radical (unpaired) electrons. The Kier molecular flexibility index (Phi) is 6.03. The Bertz CT molecular complexity index is 1160. The van der Waals surface area contributed by atoms with Gasteiger partial charge in [0.1, 0.15) is 5.82 Å². The Morgan fingerprint density at radius 3 is 2.44 bits per heavy atom. The summed E-state index contributed by atoms with van der Waals surface area (Å²) in [5.41, 5.74) is 4.27. The maximum Gasteiger partial charge on any atom is 0.276 e. The van der Waals surface area contributed by atoms with Crippen LogP contribution in [0.5, 0.6) is 0 Å². The summed E-state index contributed by atoms with van der Waals surface area (Å²) in [6.45, 7) is 6.73. The molecule has 1 aromatic heterocycles. The molecule has 7 nitrogen and oxygen atoms in total. The Morgan fingerprint density at radius 2 is 1.75 bits per heavy atom. The minimum atomic E-state index is -0.294. The molecule has 8 heteroatoms. The molecule has 1 saturated heterocycles. The van der Waals surface area contributed by atoms with Gasteiger partial charge < -0.3 is 10.2 Å². The molecule has 4 rings (SSSR count). The molecular formula is C24H26FN5O2. The second kappa shape index (κ2) is 8.90. The monoisotopic (exact) mass is 435 g/mol. The highest BCUT2D eigenvalue weighted by molar-refractivity contribution is 5.95. The van der Waals surface area contributed by atoms with Gasteiger partial charge in [0.05, 0.1) is 11.9 Å². The predicted molar refractivity (Wildman–Crippen MR) is 118 cm³/mol. The van der Waals surface area contributed by atoms with Crippen LogP contribution in [0.1, 0.15) is 50.4 Å². The average Bonchev–Trinajstić information content (AvgIpc) is 3.28. The van der Waals surface area contributed by atoms with Crippen LogP contribution < -0.4 is 5.32 Å². The molecule has 1 aliphatic rings. The standard InChI is InChI=1S/C24H26FN5O2/c1-15-4-5-18(12-16(15)2)23(31)26-19-8-10-29(11-9-19)24(32)22-14-30(28-27-22)20-6-7-21(25)17(3)13-20/h4-7,12-14,19H,8-11H2,1-3H3,(H,26,31). The van der Waals surface area contributed by atoms with E-state index in [9.17, 15) is 14.0 Å². The van der Waals surface area contributed by atoms with Gasteiger partial charge in [0.15, 0.2) is 5.69 Å². The third-order valence-corrected chi connectivity index (χ3v) is 6.01. The summed E-state index contributed by atoms with van der Waals surface area (Å²) in [6, 6.07) is 10.3. The van der Waals surface area contributed by atoms with Crippen molar-refractivity contribution in [1.82, 2.24) is 25.2 Å². The topological polar surface area (TPSA) is 80.1 Å². The molecule has 1 fully saturated rings. The van der Waals surface area contributed by atoms with Gasteiger partial charge in [-0.05, 0) is 80.6 Å². The van der Waals surface area contributed by atoms with Crippen molar-refractivity contribution >= 4 is 11.8 Å². The minimum Gasteiger partial charge on any atom is -0.349 e. The number of nitrogens with one attached hydrogen (secondary N) is 1. The summed E-state index contributed by atoms with van der Waals surface area (Å²) in [5, 5.41) is 11.1. The molecule has 2 amide bonds. The highest BCUT2D eigenvalue weighted by Crippen LogP contribution is 2.17. The van der Waals surface area contributed by atoms with Gasteiger partial charge in [-0.2, -0.15) is 0 Å². The summed E-state index contributed by atoms with van der Waals surface area (Å²) in [5.74, 6) is -0.581. The van der Waals surface area contributed by atoms with Crippen LogP contribution >= 0.6 is 0 Å². The van der Waals surface area contributed by atoms with Crippen molar-refractivity contribution in [3.8, 4) is 5.69 Å². The van der Waals surface area contributed by atoms with Crippen LogP contribution in [0, 0.1) is 26.6 Å². The Morgan fingerprint density at radius 1 is 1.00 bits per heavy atom. The first-order valence-electron chi connectivity index (χ1n) is 10.7. The molecule has 0 unspecified atom stereocenters. The zero-order chi connectivity index (χ0) is 22.8. The third-order valence-electron chi connectivity index (χ3n) is 6.01. The lowest BCUT2D eigenvalue weighted by Crippen LogP contribution is -2.46. The number of piperidine rings is 1. The molecule has 3 aromatic rings. The smallest absolute Gasteiger partial charge is 0.276 e. The first-order valence-corrected chi connectivity index (χ1v) is 10.7. The van der Waals surface area contributed by atoms with Gasteiger partial charge >= 0.3 is 0 Å². The Balaban J connectivity index is 1.34. The van der Waals surface area contributed by atoms with E-state index in [1.807, 2.05) is 32.0 Å². The van der Waals surface area contributed by atoms with Gasteiger partial charge in [-0.25, -0.2) is 9.07 Å². The minimum absolute atomic E-state index is 0.0195. The second-order valence-electron chi connectivity index (χ2n) is 8.32. The van der Waals surface area contributed by atoms with Gasteiger partial charge in [-0.3, -0.25) is 9.59 Å². The summed E-state index contributed by atoms with van der Waals surface area (Å²) < 4.78 is 15.0. The van der Waals surface area contributed by atoms with Crippen LogP contribution in [0.15, 0.2) is 42.6 Å². The molecule has 0 spiro atoms. The van der Waals surface area contributed by atoms with Crippen molar-refractivity contribution in [2.75, 3.05) is 13.1 Å². The molecule has 0 atom stereocenters. The lowest BCUT2D eigenvalue weighted by Gasteiger charge is -2.32. The fourth-order valence-electron chi connectivity index (χ4n) is 3.80. The number of nitrogens with zero attached hydrogens (tertiary/aromatic N) is 4. The molecule has 32 heavy (non-hydrogen) atoms. The lowest BCUT2D eigenvalue weighted by molar-refractivity contribution is 0.0692. The van der Waals surface area contributed by atoms with E-state index in [0.717, 1.165) is 11.1 Å². The fourth-order valence-corrected chi connectivity index (χ4v) is 3.80. The summed E-state index contributed by atoms with van der Waals surface area (Å²) >= 11 is 0. The normalized spacial score (nSPS) is 14.4. The van der Waals surface area contributed by atoms with E-state index in [2.05, 4.69) is 15.6 Å². The zero-order valence-electron chi connectivity index (χ0n) is 18.4. The molecule has 0 bridgehead atoms. The van der Waals surface area contributed by atoms with Crippen molar-refractivity contribution in [3.05, 3.63) is 76.4 Å². The van der Waals surface area contributed by atoms with Crippen molar-refractivity contribution in [2.24, 2.45) is 0 Å². The average molecular weight is 436 g/mol. The predicted octanol–water partition coefficient (Wildman–Crippen LogP) is 3.37. The first kappa shape index (κ1) is 21.7. The fraction of sp³-hybridized carbons (Fsp3) is 0.333. The Labute approximate surface area is 186 Å². The molecule has 1 aliphatic heterocycles.